The maximum Gasteiger partial charge on any atom is 0.425 e. The van der Waals surface area contributed by atoms with Crippen LogP contribution in [-0.4, -0.2) is 65.7 Å². The Hall–Kier alpha value is -2.13. The fraction of sp³-hybridized carbons (Fsp3) is 0.667. The number of carbonyl (C=O) groups is 2. The quantitative estimate of drug-likeness (QED) is 0.594. The van der Waals surface area contributed by atoms with Crippen molar-refractivity contribution in [2.24, 2.45) is 5.92 Å². The van der Waals surface area contributed by atoms with E-state index in [1.54, 1.807) is 19.0 Å². The highest BCUT2D eigenvalue weighted by atomic mass is 32.2. The average Bonchev–Trinajstić information content (AvgIpc) is 2.97. The van der Waals surface area contributed by atoms with Crippen LogP contribution in [0.15, 0.2) is 30.3 Å². The molecule has 0 radical (unpaired) electrons. The Morgan fingerprint density at radius 3 is 2.39 bits per heavy atom. The van der Waals surface area contributed by atoms with Crippen molar-refractivity contribution in [2.75, 3.05) is 14.1 Å². The minimum Gasteiger partial charge on any atom is -0.443 e. The summed E-state index contributed by atoms with van der Waals surface area (Å²) in [5.41, 5.74) is 0.0719. The van der Waals surface area contributed by atoms with Gasteiger partial charge in [-0.3, -0.25) is 4.79 Å². The topological polar surface area (TPSA) is 87.2 Å². The summed E-state index contributed by atoms with van der Waals surface area (Å²) in [7, 11) is -0.679. The lowest BCUT2D eigenvalue weighted by atomic mass is 9.81. The molecule has 184 valence electrons. The second kappa shape index (κ2) is 10.0. The van der Waals surface area contributed by atoms with Crippen LogP contribution >= 0.6 is 0 Å². The zero-order valence-electron chi connectivity index (χ0n) is 20.4. The number of rotatable bonds is 7. The van der Waals surface area contributed by atoms with Gasteiger partial charge < -0.3 is 9.64 Å². The number of amides is 2. The Balaban J connectivity index is 1.91. The van der Waals surface area contributed by atoms with Crippen LogP contribution in [0.25, 0.3) is 0 Å². The van der Waals surface area contributed by atoms with Gasteiger partial charge in [-0.25, -0.2) is 4.79 Å². The zero-order valence-corrected chi connectivity index (χ0v) is 21.2. The Morgan fingerprint density at radius 1 is 1.12 bits per heavy atom. The molecule has 1 aliphatic carbocycles. The molecule has 1 heterocycles. The third-order valence-corrected chi connectivity index (χ3v) is 8.55. The van der Waals surface area contributed by atoms with E-state index in [-0.39, 0.29) is 18.4 Å². The first kappa shape index (κ1) is 25.5. The van der Waals surface area contributed by atoms with Gasteiger partial charge in [-0.1, -0.05) is 43.7 Å². The number of benzene rings is 1. The van der Waals surface area contributed by atoms with Crippen LogP contribution in [0, 0.1) is 5.92 Å². The van der Waals surface area contributed by atoms with Crippen molar-refractivity contribution in [3.05, 3.63) is 35.9 Å². The highest BCUT2D eigenvalue weighted by molar-refractivity contribution is 7.87. The van der Waals surface area contributed by atoms with Crippen molar-refractivity contribution in [1.29, 1.82) is 0 Å². The molecule has 8 nitrogen and oxygen atoms in total. The van der Waals surface area contributed by atoms with E-state index in [0.717, 1.165) is 22.7 Å². The molecule has 1 saturated heterocycles. The molecule has 0 spiro atoms. The van der Waals surface area contributed by atoms with Gasteiger partial charge in [0.1, 0.15) is 5.60 Å². The molecule has 1 aromatic rings. The lowest BCUT2D eigenvalue weighted by Gasteiger charge is -2.35. The van der Waals surface area contributed by atoms with Crippen LogP contribution in [-0.2, 0) is 26.3 Å². The molecule has 2 aliphatic rings. The fourth-order valence-corrected chi connectivity index (χ4v) is 6.81. The van der Waals surface area contributed by atoms with Crippen molar-refractivity contribution in [2.45, 2.75) is 83.5 Å². The van der Waals surface area contributed by atoms with Gasteiger partial charge in [0.05, 0.1) is 6.04 Å². The molecular weight excluding hydrogens is 442 g/mol. The largest absolute Gasteiger partial charge is 0.443 e. The molecule has 3 atom stereocenters. The lowest BCUT2D eigenvalue weighted by molar-refractivity contribution is -0.134. The molecule has 9 heteroatoms. The van der Waals surface area contributed by atoms with E-state index in [2.05, 4.69) is 6.92 Å². The fourth-order valence-electron chi connectivity index (χ4n) is 4.89. The van der Waals surface area contributed by atoms with Gasteiger partial charge in [0, 0.05) is 32.6 Å². The monoisotopic (exact) mass is 479 g/mol. The molecule has 2 amide bonds. The molecule has 0 N–H and O–H groups in total. The number of ether oxygens (including phenoxy) is 1. The zero-order chi connectivity index (χ0) is 24.4. The smallest absolute Gasteiger partial charge is 0.425 e. The Morgan fingerprint density at radius 2 is 1.79 bits per heavy atom. The predicted molar refractivity (Wildman–Crippen MR) is 126 cm³/mol. The molecule has 0 bridgehead atoms. The molecule has 33 heavy (non-hydrogen) atoms. The SMILES string of the molecule is CCCCC(C)(C)OC(=O)N1[C@H]2CC[C@H](C(=O)N(C)C)CC2N(Cc2ccccc2)S1(=O)=O. The third-order valence-electron chi connectivity index (χ3n) is 6.64. The van der Waals surface area contributed by atoms with Crippen LogP contribution < -0.4 is 0 Å². The van der Waals surface area contributed by atoms with E-state index in [4.69, 9.17) is 4.74 Å². The first-order valence-electron chi connectivity index (χ1n) is 11.8. The van der Waals surface area contributed by atoms with Crippen LogP contribution in [0.4, 0.5) is 4.79 Å². The predicted octanol–water partition coefficient (Wildman–Crippen LogP) is 3.78. The van der Waals surface area contributed by atoms with Gasteiger partial charge in [-0.15, -0.1) is 0 Å². The third kappa shape index (κ3) is 5.51. The van der Waals surface area contributed by atoms with Crippen molar-refractivity contribution in [3.63, 3.8) is 0 Å². The van der Waals surface area contributed by atoms with Crippen molar-refractivity contribution in [1.82, 2.24) is 13.5 Å². The molecule has 1 unspecified atom stereocenters. The minimum absolute atomic E-state index is 0.00719. The van der Waals surface area contributed by atoms with E-state index < -0.39 is 34.0 Å². The van der Waals surface area contributed by atoms with E-state index in [0.29, 0.717) is 25.7 Å². The molecule has 2 fully saturated rings. The number of unbranched alkanes of at least 4 members (excludes halogenated alkanes) is 1. The summed E-state index contributed by atoms with van der Waals surface area (Å²) in [5, 5.41) is 0. The summed E-state index contributed by atoms with van der Waals surface area (Å²) < 4.78 is 35.4. The Kier molecular flexibility index (Phi) is 7.73. The van der Waals surface area contributed by atoms with Gasteiger partial charge in [0.25, 0.3) is 0 Å². The van der Waals surface area contributed by atoms with Gasteiger partial charge >= 0.3 is 16.3 Å². The lowest BCUT2D eigenvalue weighted by Crippen LogP contribution is -2.48. The van der Waals surface area contributed by atoms with E-state index in [1.165, 1.54) is 4.31 Å². The maximum atomic E-state index is 13.7. The first-order chi connectivity index (χ1) is 15.5. The summed E-state index contributed by atoms with van der Waals surface area (Å²) in [6, 6.07) is 8.31. The second-order valence-electron chi connectivity index (χ2n) is 9.94. The summed E-state index contributed by atoms with van der Waals surface area (Å²) >= 11 is 0. The van der Waals surface area contributed by atoms with Crippen molar-refractivity contribution in [3.8, 4) is 0 Å². The minimum atomic E-state index is -4.10. The number of nitrogens with zero attached hydrogens (tertiary/aromatic N) is 3. The van der Waals surface area contributed by atoms with Crippen molar-refractivity contribution >= 4 is 22.2 Å². The number of carbonyl (C=O) groups excluding carboxylic acids is 2. The Labute approximate surface area is 198 Å². The van der Waals surface area contributed by atoms with Crippen LogP contribution in [0.3, 0.4) is 0 Å². The number of hydrogen-bond donors (Lipinski definition) is 0. The van der Waals surface area contributed by atoms with Gasteiger partial charge in [-0.2, -0.15) is 17.0 Å². The van der Waals surface area contributed by atoms with E-state index in [9.17, 15) is 18.0 Å². The standard InChI is InChI=1S/C24H37N3O5S/c1-6-7-15-24(2,3)32-23(29)27-20-14-13-19(22(28)25(4)5)16-21(20)26(33(27,30)31)17-18-11-9-8-10-12-18/h8-12,19-21H,6-7,13-17H2,1-5H3/t19-,20-,21?/m0/s1. The number of fused-ring (bicyclic) bond motifs is 1. The van der Waals surface area contributed by atoms with Gasteiger partial charge in [0.2, 0.25) is 5.91 Å². The summed E-state index contributed by atoms with van der Waals surface area (Å²) in [6.07, 6.45) is 3.04. The molecule has 1 aliphatic heterocycles. The summed E-state index contributed by atoms with van der Waals surface area (Å²) in [6.45, 7) is 5.84. The van der Waals surface area contributed by atoms with E-state index >= 15 is 0 Å². The highest BCUT2D eigenvalue weighted by Gasteiger charge is 2.57. The summed E-state index contributed by atoms with van der Waals surface area (Å²) in [4.78, 5) is 27.5. The van der Waals surface area contributed by atoms with Crippen LogP contribution in [0.2, 0.25) is 0 Å². The Bertz CT molecular complexity index is 948. The molecule has 1 aromatic carbocycles. The van der Waals surface area contributed by atoms with Crippen LogP contribution in [0.5, 0.6) is 0 Å². The van der Waals surface area contributed by atoms with Gasteiger partial charge in [-0.05, 0) is 51.5 Å². The second-order valence-corrected chi connectivity index (χ2v) is 11.7. The van der Waals surface area contributed by atoms with Crippen LogP contribution in [0.1, 0.15) is 64.9 Å². The maximum absolute atomic E-state index is 13.7. The molecule has 0 aromatic heterocycles. The molecule has 1 saturated carbocycles. The van der Waals surface area contributed by atoms with Gasteiger partial charge in [0.15, 0.2) is 0 Å². The average molecular weight is 480 g/mol. The normalized spacial score (nSPS) is 24.9. The highest BCUT2D eigenvalue weighted by Crippen LogP contribution is 2.42. The number of hydrogen-bond acceptors (Lipinski definition) is 5. The molecular formula is C24H37N3O5S. The molecule has 3 rings (SSSR count). The first-order valence-corrected chi connectivity index (χ1v) is 13.2. The van der Waals surface area contributed by atoms with Crippen molar-refractivity contribution < 1.29 is 22.7 Å². The van der Waals surface area contributed by atoms with E-state index in [1.807, 2.05) is 44.2 Å². The summed E-state index contributed by atoms with van der Waals surface area (Å²) in [5.74, 6) is -0.279.